The number of halogens is 2. The van der Waals surface area contributed by atoms with Crippen molar-refractivity contribution in [1.82, 2.24) is 13.7 Å². The number of nitrogens with zero attached hydrogens (tertiary/aromatic N) is 3. The van der Waals surface area contributed by atoms with Crippen LogP contribution in [0.2, 0.25) is 5.02 Å². The molecule has 0 unspecified atom stereocenters. The molecule has 5 rings (SSSR count). The van der Waals surface area contributed by atoms with Crippen molar-refractivity contribution in [3.63, 3.8) is 0 Å². The van der Waals surface area contributed by atoms with Crippen LogP contribution in [0.15, 0.2) is 50.8 Å². The molecule has 14 heteroatoms. The van der Waals surface area contributed by atoms with Crippen LogP contribution < -0.4 is 32.3 Å². The Labute approximate surface area is 228 Å². The van der Waals surface area contributed by atoms with E-state index in [-0.39, 0.29) is 55.9 Å². The predicted molar refractivity (Wildman–Crippen MR) is 151 cm³/mol. The summed E-state index contributed by atoms with van der Waals surface area (Å²) in [5.41, 5.74) is -1.49. The Morgan fingerprint density at radius 2 is 1.74 bits per heavy atom. The SMILES string of the molecule is [B]c1ccc(Nc2c3c(=O)n(C4CC4)c(=O)n(-c4ccc(Cl)c(NS(C)(=O)=O)c4)c3c(C)c(=O)n2C)c(F)c1. The van der Waals surface area contributed by atoms with Gasteiger partial charge in [0.05, 0.1) is 33.9 Å². The highest BCUT2D eigenvalue weighted by molar-refractivity contribution is 7.92. The van der Waals surface area contributed by atoms with Crippen LogP contribution in [0, 0.1) is 12.7 Å². The number of pyridine rings is 1. The molecule has 1 fully saturated rings. The zero-order valence-electron chi connectivity index (χ0n) is 21.1. The van der Waals surface area contributed by atoms with Crippen molar-refractivity contribution in [3.05, 3.63) is 84.0 Å². The molecule has 2 radical (unpaired) electrons. The van der Waals surface area contributed by atoms with Crippen LogP contribution in [0.25, 0.3) is 16.6 Å². The van der Waals surface area contributed by atoms with Gasteiger partial charge in [-0.1, -0.05) is 23.1 Å². The normalized spacial score (nSPS) is 13.6. The van der Waals surface area contributed by atoms with Gasteiger partial charge in [-0.2, -0.15) is 0 Å². The molecule has 39 heavy (non-hydrogen) atoms. The lowest BCUT2D eigenvalue weighted by atomic mass is 9.96. The molecule has 2 aromatic heterocycles. The van der Waals surface area contributed by atoms with E-state index in [0.29, 0.717) is 12.8 Å². The highest BCUT2D eigenvalue weighted by Gasteiger charge is 2.31. The first-order valence-corrected chi connectivity index (χ1v) is 14.1. The van der Waals surface area contributed by atoms with E-state index in [2.05, 4.69) is 10.0 Å². The molecule has 2 heterocycles. The van der Waals surface area contributed by atoms with Crippen LogP contribution in [0.3, 0.4) is 0 Å². The molecule has 1 saturated carbocycles. The van der Waals surface area contributed by atoms with Gasteiger partial charge in [-0.05, 0) is 50.1 Å². The lowest BCUT2D eigenvalue weighted by molar-refractivity contribution is 0.607. The fraction of sp³-hybridized carbons (Fsp3) is 0.240. The van der Waals surface area contributed by atoms with E-state index in [0.717, 1.165) is 16.9 Å². The second kappa shape index (κ2) is 9.42. The summed E-state index contributed by atoms with van der Waals surface area (Å²) in [6.45, 7) is 1.47. The van der Waals surface area contributed by atoms with Crippen molar-refractivity contribution < 1.29 is 12.8 Å². The van der Waals surface area contributed by atoms with Gasteiger partial charge in [0.2, 0.25) is 10.0 Å². The number of nitrogens with one attached hydrogen (secondary N) is 2. The topological polar surface area (TPSA) is 124 Å². The van der Waals surface area contributed by atoms with Crippen molar-refractivity contribution in [3.8, 4) is 5.69 Å². The van der Waals surface area contributed by atoms with Crippen molar-refractivity contribution in [2.75, 3.05) is 16.3 Å². The monoisotopic (exact) mass is 569 g/mol. The summed E-state index contributed by atoms with van der Waals surface area (Å²) < 4.78 is 44.3. The fourth-order valence-corrected chi connectivity index (χ4v) is 5.33. The standard InChI is InChI=1S/C25H22BClFN5O5S/c1-12-21-20(22(31(2)23(12)34)29-18-9-4-13(26)10-17(18)28)24(35)33(14-5-6-14)25(36)32(21)15-7-8-16(27)19(11-15)30-39(3,37)38/h4,7-11,14,29-30H,5-6H2,1-3H3. The molecule has 0 bridgehead atoms. The van der Waals surface area contributed by atoms with E-state index in [1.165, 1.54) is 53.4 Å². The minimum Gasteiger partial charge on any atom is -0.338 e. The van der Waals surface area contributed by atoms with Gasteiger partial charge in [-0.25, -0.2) is 17.6 Å². The van der Waals surface area contributed by atoms with Crippen LogP contribution in [-0.4, -0.2) is 36.2 Å². The number of fused-ring (bicyclic) bond motifs is 1. The molecule has 1 aliphatic rings. The Balaban J connectivity index is 1.91. The summed E-state index contributed by atoms with van der Waals surface area (Å²) in [5, 5.41) is 2.90. The molecule has 1 aliphatic carbocycles. The van der Waals surface area contributed by atoms with E-state index in [1.807, 2.05) is 0 Å². The van der Waals surface area contributed by atoms with Crippen LogP contribution in [0.4, 0.5) is 21.6 Å². The fourth-order valence-electron chi connectivity index (χ4n) is 4.55. The summed E-state index contributed by atoms with van der Waals surface area (Å²) in [4.78, 5) is 41.0. The van der Waals surface area contributed by atoms with E-state index < -0.39 is 32.6 Å². The van der Waals surface area contributed by atoms with Crippen LogP contribution in [-0.2, 0) is 17.1 Å². The molecule has 0 amide bonds. The molecule has 2 N–H and O–H groups in total. The first kappa shape index (κ1) is 26.8. The number of rotatable bonds is 6. The van der Waals surface area contributed by atoms with Gasteiger partial charge >= 0.3 is 5.69 Å². The average Bonchev–Trinajstić information content (AvgIpc) is 3.68. The minimum atomic E-state index is -3.72. The smallest absolute Gasteiger partial charge is 0.336 e. The number of sulfonamides is 1. The Kier molecular flexibility index (Phi) is 6.46. The van der Waals surface area contributed by atoms with Gasteiger partial charge in [0.1, 0.15) is 24.9 Å². The molecule has 0 saturated heterocycles. The van der Waals surface area contributed by atoms with Gasteiger partial charge in [0.25, 0.3) is 11.1 Å². The molecular formula is C25H22BClFN5O5S. The number of aryl methyl sites for hydroxylation is 1. The maximum Gasteiger partial charge on any atom is 0.336 e. The summed E-state index contributed by atoms with van der Waals surface area (Å²) >= 11 is 6.21. The van der Waals surface area contributed by atoms with Gasteiger partial charge in [-0.15, -0.1) is 0 Å². The highest BCUT2D eigenvalue weighted by Crippen LogP contribution is 2.34. The van der Waals surface area contributed by atoms with Crippen LogP contribution >= 0.6 is 11.6 Å². The Hall–Kier alpha value is -3.84. The zero-order valence-corrected chi connectivity index (χ0v) is 22.7. The quantitative estimate of drug-likeness (QED) is 0.343. The molecule has 10 nitrogen and oxygen atoms in total. The minimum absolute atomic E-state index is 0.00372. The van der Waals surface area contributed by atoms with Gasteiger partial charge < -0.3 is 5.32 Å². The van der Waals surface area contributed by atoms with E-state index in [9.17, 15) is 27.2 Å². The van der Waals surface area contributed by atoms with E-state index in [1.54, 1.807) is 0 Å². The number of hydrogen-bond donors (Lipinski definition) is 2. The predicted octanol–water partition coefficient (Wildman–Crippen LogP) is 2.20. The van der Waals surface area contributed by atoms with Crippen molar-refractivity contribution in [2.24, 2.45) is 7.05 Å². The third-order valence-corrected chi connectivity index (χ3v) is 7.43. The maximum absolute atomic E-state index is 14.8. The second-order valence-corrected chi connectivity index (χ2v) is 11.6. The van der Waals surface area contributed by atoms with Crippen molar-refractivity contribution in [1.29, 1.82) is 0 Å². The van der Waals surface area contributed by atoms with Gasteiger partial charge in [0, 0.05) is 18.7 Å². The highest BCUT2D eigenvalue weighted by atomic mass is 35.5. The van der Waals surface area contributed by atoms with E-state index in [4.69, 9.17) is 19.4 Å². The lowest BCUT2D eigenvalue weighted by Gasteiger charge is -2.21. The summed E-state index contributed by atoms with van der Waals surface area (Å²) in [7, 11) is 3.37. The van der Waals surface area contributed by atoms with Crippen LogP contribution in [0.1, 0.15) is 24.4 Å². The van der Waals surface area contributed by atoms with Crippen molar-refractivity contribution in [2.45, 2.75) is 25.8 Å². The third kappa shape index (κ3) is 4.76. The first-order valence-electron chi connectivity index (χ1n) is 11.8. The number of aromatic nitrogens is 3. The summed E-state index contributed by atoms with van der Waals surface area (Å²) in [5.74, 6) is -0.734. The third-order valence-electron chi connectivity index (χ3n) is 6.51. The molecular weight excluding hydrogens is 548 g/mol. The lowest BCUT2D eigenvalue weighted by Crippen LogP contribution is -2.41. The summed E-state index contributed by atoms with van der Waals surface area (Å²) in [6, 6.07) is 7.78. The second-order valence-electron chi connectivity index (χ2n) is 9.49. The molecule has 0 aliphatic heterocycles. The molecule has 2 aromatic carbocycles. The molecule has 200 valence electrons. The van der Waals surface area contributed by atoms with Crippen molar-refractivity contribution >= 4 is 63.0 Å². The van der Waals surface area contributed by atoms with Gasteiger partial charge in [0.15, 0.2) is 0 Å². The number of anilines is 3. The Morgan fingerprint density at radius 3 is 2.36 bits per heavy atom. The number of hydrogen-bond acceptors (Lipinski definition) is 6. The Bertz CT molecular complexity index is 1980. The van der Waals surface area contributed by atoms with Crippen LogP contribution in [0.5, 0.6) is 0 Å². The number of benzene rings is 2. The average molecular weight is 570 g/mol. The molecule has 0 spiro atoms. The molecule has 4 aromatic rings. The van der Waals surface area contributed by atoms with Gasteiger partial charge in [-0.3, -0.25) is 28.0 Å². The summed E-state index contributed by atoms with van der Waals surface area (Å²) in [6.07, 6.45) is 2.15. The Morgan fingerprint density at radius 1 is 1.05 bits per heavy atom. The maximum atomic E-state index is 14.8. The zero-order chi connectivity index (χ0) is 28.4. The largest absolute Gasteiger partial charge is 0.338 e. The molecule has 0 atom stereocenters. The van der Waals surface area contributed by atoms with E-state index >= 15 is 0 Å². The first-order chi connectivity index (χ1) is 18.3.